The summed E-state index contributed by atoms with van der Waals surface area (Å²) in [6, 6.07) is 12.4. The third-order valence-corrected chi connectivity index (χ3v) is 5.36. The van der Waals surface area contributed by atoms with Gasteiger partial charge in [-0.2, -0.15) is 0 Å². The van der Waals surface area contributed by atoms with Crippen LogP contribution in [0.3, 0.4) is 0 Å². The Morgan fingerprint density at radius 2 is 1.79 bits per heavy atom. The zero-order chi connectivity index (χ0) is 17.3. The van der Waals surface area contributed by atoms with Gasteiger partial charge in [-0.25, -0.2) is 0 Å². The number of rotatable bonds is 3. The number of para-hydroxylation sites is 2. The van der Waals surface area contributed by atoms with Crippen molar-refractivity contribution < 1.29 is 9.53 Å². The van der Waals surface area contributed by atoms with E-state index in [1.165, 1.54) is 16.7 Å². The molecule has 1 amide bonds. The minimum atomic E-state index is -0.231. The summed E-state index contributed by atoms with van der Waals surface area (Å²) in [6.45, 7) is 0. The second-order valence-electron chi connectivity index (χ2n) is 4.82. The molecular weight excluding hydrogens is 385 g/mol. The van der Waals surface area contributed by atoms with Crippen LogP contribution in [0.4, 0.5) is 5.69 Å². The van der Waals surface area contributed by atoms with Gasteiger partial charge in [-0.1, -0.05) is 65.4 Å². The molecule has 0 spiro atoms. The highest BCUT2D eigenvalue weighted by Gasteiger charge is 2.35. The molecule has 1 aliphatic rings. The van der Waals surface area contributed by atoms with Crippen LogP contribution in [0.15, 0.2) is 47.4 Å². The van der Waals surface area contributed by atoms with Crippen LogP contribution < -0.4 is 9.64 Å². The lowest BCUT2D eigenvalue weighted by Crippen LogP contribution is -2.27. The molecule has 3 rings (SSSR count). The van der Waals surface area contributed by atoms with E-state index in [1.54, 1.807) is 43.5 Å². The Morgan fingerprint density at radius 1 is 1.12 bits per heavy atom. The first-order chi connectivity index (χ1) is 11.5. The minimum absolute atomic E-state index is 0.231. The van der Waals surface area contributed by atoms with Crippen molar-refractivity contribution in [2.45, 2.75) is 0 Å². The highest BCUT2D eigenvalue weighted by molar-refractivity contribution is 8.27. The summed E-state index contributed by atoms with van der Waals surface area (Å²) in [7, 11) is 1.55. The number of carbonyl (C=O) groups is 1. The van der Waals surface area contributed by atoms with E-state index >= 15 is 0 Å². The number of hydrogen-bond donors (Lipinski definition) is 0. The molecule has 2 aromatic carbocycles. The smallest absolute Gasteiger partial charge is 0.270 e. The Balaban J connectivity index is 2.02. The molecule has 0 aliphatic carbocycles. The van der Waals surface area contributed by atoms with Crippen molar-refractivity contribution in [3.63, 3.8) is 0 Å². The standard InChI is InChI=1S/C17H11Cl2NO2S2/c1-22-14-8-3-2-7-13(14)20-16(21)15(24-17(20)23)9-10-11(18)5-4-6-12(10)19/h2-9H,1H3/b15-9+. The maximum Gasteiger partial charge on any atom is 0.270 e. The number of ether oxygens (including phenoxy) is 1. The third-order valence-electron chi connectivity index (χ3n) is 3.39. The summed E-state index contributed by atoms with van der Waals surface area (Å²) in [6.07, 6.45) is 1.67. The van der Waals surface area contributed by atoms with E-state index in [4.69, 9.17) is 40.2 Å². The van der Waals surface area contributed by atoms with Crippen molar-refractivity contribution >= 4 is 69.2 Å². The lowest BCUT2D eigenvalue weighted by molar-refractivity contribution is -0.113. The average Bonchev–Trinajstić information content (AvgIpc) is 2.85. The molecule has 0 unspecified atom stereocenters. The molecule has 0 radical (unpaired) electrons. The molecule has 122 valence electrons. The van der Waals surface area contributed by atoms with E-state index in [0.717, 1.165) is 0 Å². The van der Waals surface area contributed by atoms with Crippen LogP contribution in [-0.4, -0.2) is 17.3 Å². The number of thioether (sulfide) groups is 1. The Kier molecular flexibility index (Phi) is 5.15. The van der Waals surface area contributed by atoms with Crippen LogP contribution >= 0.6 is 47.2 Å². The summed E-state index contributed by atoms with van der Waals surface area (Å²) >= 11 is 18.9. The summed E-state index contributed by atoms with van der Waals surface area (Å²) in [5.41, 5.74) is 1.21. The zero-order valence-corrected chi connectivity index (χ0v) is 15.6. The molecule has 0 aromatic heterocycles. The number of hydrogen-bond acceptors (Lipinski definition) is 4. The quantitative estimate of drug-likeness (QED) is 0.513. The van der Waals surface area contributed by atoms with Gasteiger partial charge in [-0.15, -0.1) is 0 Å². The van der Waals surface area contributed by atoms with E-state index in [9.17, 15) is 4.79 Å². The number of thiocarbonyl (C=S) groups is 1. The number of nitrogens with zero attached hydrogens (tertiary/aromatic N) is 1. The van der Waals surface area contributed by atoms with Crippen molar-refractivity contribution in [3.05, 3.63) is 63.0 Å². The van der Waals surface area contributed by atoms with Crippen LogP contribution in [-0.2, 0) is 4.79 Å². The van der Waals surface area contributed by atoms with Crippen molar-refractivity contribution in [2.24, 2.45) is 0 Å². The van der Waals surface area contributed by atoms with Crippen LogP contribution in [0.5, 0.6) is 5.75 Å². The summed E-state index contributed by atoms with van der Waals surface area (Å²) < 4.78 is 5.75. The maximum absolute atomic E-state index is 12.8. The Bertz CT molecular complexity index is 847. The van der Waals surface area contributed by atoms with Gasteiger partial charge in [0.15, 0.2) is 4.32 Å². The minimum Gasteiger partial charge on any atom is -0.495 e. The molecule has 0 N–H and O–H groups in total. The largest absolute Gasteiger partial charge is 0.495 e. The fourth-order valence-corrected chi connectivity index (χ4v) is 4.04. The van der Waals surface area contributed by atoms with Gasteiger partial charge in [0.2, 0.25) is 0 Å². The fraction of sp³-hybridized carbons (Fsp3) is 0.0588. The Labute approximate surface area is 159 Å². The predicted octanol–water partition coefficient (Wildman–Crippen LogP) is 5.41. The number of anilines is 1. The van der Waals surface area contributed by atoms with E-state index in [2.05, 4.69) is 0 Å². The highest BCUT2D eigenvalue weighted by Crippen LogP contribution is 2.40. The van der Waals surface area contributed by atoms with Crippen molar-refractivity contribution in [2.75, 3.05) is 12.0 Å². The van der Waals surface area contributed by atoms with Crippen LogP contribution in [0.2, 0.25) is 10.0 Å². The molecule has 1 fully saturated rings. The molecule has 0 bridgehead atoms. The van der Waals surface area contributed by atoms with E-state index in [0.29, 0.717) is 36.3 Å². The topological polar surface area (TPSA) is 29.5 Å². The van der Waals surface area contributed by atoms with Crippen LogP contribution in [0, 0.1) is 0 Å². The Hall–Kier alpha value is -1.53. The van der Waals surface area contributed by atoms with Gasteiger partial charge in [0, 0.05) is 15.6 Å². The summed E-state index contributed by atoms with van der Waals surface area (Å²) in [4.78, 5) is 14.7. The number of benzene rings is 2. The highest BCUT2D eigenvalue weighted by atomic mass is 35.5. The first kappa shape index (κ1) is 17.3. The predicted molar refractivity (Wildman–Crippen MR) is 105 cm³/mol. The molecular formula is C17H11Cl2NO2S2. The van der Waals surface area contributed by atoms with Gasteiger partial charge in [0.1, 0.15) is 5.75 Å². The van der Waals surface area contributed by atoms with Crippen molar-refractivity contribution in [1.29, 1.82) is 0 Å². The van der Waals surface area contributed by atoms with E-state index < -0.39 is 0 Å². The molecule has 1 saturated heterocycles. The number of methoxy groups -OCH3 is 1. The lowest BCUT2D eigenvalue weighted by atomic mass is 10.2. The average molecular weight is 396 g/mol. The molecule has 0 atom stereocenters. The van der Waals surface area contributed by atoms with Gasteiger partial charge in [0.25, 0.3) is 5.91 Å². The first-order valence-electron chi connectivity index (χ1n) is 6.88. The van der Waals surface area contributed by atoms with Crippen molar-refractivity contribution in [1.82, 2.24) is 0 Å². The third kappa shape index (κ3) is 3.17. The second-order valence-corrected chi connectivity index (χ2v) is 7.31. The van der Waals surface area contributed by atoms with Gasteiger partial charge in [0.05, 0.1) is 17.7 Å². The second kappa shape index (κ2) is 7.15. The molecule has 1 aliphatic heterocycles. The molecule has 1 heterocycles. The van der Waals surface area contributed by atoms with Gasteiger partial charge >= 0.3 is 0 Å². The summed E-state index contributed by atoms with van der Waals surface area (Å²) in [5, 5.41) is 0.954. The van der Waals surface area contributed by atoms with Gasteiger partial charge in [-0.3, -0.25) is 9.69 Å². The maximum atomic E-state index is 12.8. The van der Waals surface area contributed by atoms with Crippen LogP contribution in [0.25, 0.3) is 6.08 Å². The number of halogens is 2. The fourth-order valence-electron chi connectivity index (χ4n) is 2.27. The molecule has 2 aromatic rings. The molecule has 0 saturated carbocycles. The first-order valence-corrected chi connectivity index (χ1v) is 8.86. The number of carbonyl (C=O) groups excluding carboxylic acids is 1. The van der Waals surface area contributed by atoms with Gasteiger partial charge < -0.3 is 4.74 Å². The monoisotopic (exact) mass is 395 g/mol. The normalized spacial score (nSPS) is 16.1. The zero-order valence-electron chi connectivity index (χ0n) is 12.5. The molecule has 24 heavy (non-hydrogen) atoms. The number of amides is 1. The van der Waals surface area contributed by atoms with Crippen molar-refractivity contribution in [3.8, 4) is 5.75 Å². The molecule has 3 nitrogen and oxygen atoms in total. The Morgan fingerprint density at radius 3 is 2.46 bits per heavy atom. The van der Waals surface area contributed by atoms with Gasteiger partial charge in [-0.05, 0) is 30.3 Å². The lowest BCUT2D eigenvalue weighted by Gasteiger charge is -2.17. The van der Waals surface area contributed by atoms with E-state index in [-0.39, 0.29) is 5.91 Å². The molecule has 7 heteroatoms. The van der Waals surface area contributed by atoms with Crippen LogP contribution in [0.1, 0.15) is 5.56 Å². The van der Waals surface area contributed by atoms with E-state index in [1.807, 2.05) is 12.1 Å². The SMILES string of the molecule is COc1ccccc1N1C(=O)/C(=C\c2c(Cl)cccc2Cl)SC1=S. The summed E-state index contributed by atoms with van der Waals surface area (Å²) in [5.74, 6) is 0.344.